The highest BCUT2D eigenvalue weighted by molar-refractivity contribution is 5.73. The molecule has 0 aromatic heterocycles. The van der Waals surface area contributed by atoms with Crippen molar-refractivity contribution in [2.24, 2.45) is 5.92 Å². The standard InChI is InChI=1S/C17H21NO4/c1-21-16(19)13-6-7-15(10-13)22-17(20)18-9-8-12-4-2-3-5-14(12)11-18/h2-5,13,15H,6-11H2,1H3/t13-,15?/m0/s1. The molecule has 0 N–H and O–H groups in total. The number of amides is 1. The molecule has 0 spiro atoms. The second-order valence-electron chi connectivity index (χ2n) is 5.98. The van der Waals surface area contributed by atoms with Crippen molar-refractivity contribution < 1.29 is 19.1 Å². The van der Waals surface area contributed by atoms with Crippen LogP contribution in [0.1, 0.15) is 30.4 Å². The van der Waals surface area contributed by atoms with Crippen LogP contribution in [0.2, 0.25) is 0 Å². The molecule has 1 aliphatic carbocycles. The van der Waals surface area contributed by atoms with Crippen molar-refractivity contribution in [2.45, 2.75) is 38.3 Å². The smallest absolute Gasteiger partial charge is 0.410 e. The number of methoxy groups -OCH3 is 1. The minimum atomic E-state index is -0.273. The largest absolute Gasteiger partial charge is 0.469 e. The third kappa shape index (κ3) is 3.08. The van der Waals surface area contributed by atoms with Gasteiger partial charge in [-0.2, -0.15) is 0 Å². The molecule has 118 valence electrons. The van der Waals surface area contributed by atoms with E-state index in [1.807, 2.05) is 12.1 Å². The first kappa shape index (κ1) is 14.9. The molecule has 1 amide bonds. The third-order valence-corrected chi connectivity index (χ3v) is 4.58. The fourth-order valence-electron chi connectivity index (χ4n) is 3.30. The van der Waals surface area contributed by atoms with E-state index in [4.69, 9.17) is 9.47 Å². The fourth-order valence-corrected chi connectivity index (χ4v) is 3.30. The van der Waals surface area contributed by atoms with Crippen LogP contribution in [0.5, 0.6) is 0 Å². The van der Waals surface area contributed by atoms with Crippen LogP contribution in [-0.2, 0) is 27.2 Å². The monoisotopic (exact) mass is 303 g/mol. The average Bonchev–Trinajstić information content (AvgIpc) is 3.02. The van der Waals surface area contributed by atoms with Gasteiger partial charge in [0.15, 0.2) is 0 Å². The minimum Gasteiger partial charge on any atom is -0.469 e. The van der Waals surface area contributed by atoms with Crippen LogP contribution in [-0.4, -0.2) is 36.7 Å². The van der Waals surface area contributed by atoms with Gasteiger partial charge in [-0.05, 0) is 36.8 Å². The van der Waals surface area contributed by atoms with E-state index in [9.17, 15) is 9.59 Å². The lowest BCUT2D eigenvalue weighted by molar-refractivity contribution is -0.145. The van der Waals surface area contributed by atoms with Crippen LogP contribution in [0.25, 0.3) is 0 Å². The van der Waals surface area contributed by atoms with Gasteiger partial charge in [-0.1, -0.05) is 24.3 Å². The SMILES string of the molecule is COC(=O)[C@H]1CCC(OC(=O)N2CCc3ccccc3C2)C1. The Balaban J connectivity index is 1.54. The van der Waals surface area contributed by atoms with Crippen LogP contribution in [0, 0.1) is 5.92 Å². The molecule has 1 aromatic carbocycles. The van der Waals surface area contributed by atoms with Crippen molar-refractivity contribution in [3.8, 4) is 0 Å². The lowest BCUT2D eigenvalue weighted by Crippen LogP contribution is -2.37. The summed E-state index contributed by atoms with van der Waals surface area (Å²) in [5, 5.41) is 0. The molecule has 22 heavy (non-hydrogen) atoms. The maximum Gasteiger partial charge on any atom is 0.410 e. The molecule has 1 fully saturated rings. The second kappa shape index (κ2) is 6.38. The molecular weight excluding hydrogens is 282 g/mol. The van der Waals surface area contributed by atoms with Gasteiger partial charge in [0.1, 0.15) is 6.10 Å². The van der Waals surface area contributed by atoms with Crippen LogP contribution in [0.4, 0.5) is 4.79 Å². The van der Waals surface area contributed by atoms with Gasteiger partial charge in [0.05, 0.1) is 13.0 Å². The molecule has 1 unspecified atom stereocenters. The predicted octanol–water partition coefficient (Wildman–Crippen LogP) is 2.52. The summed E-state index contributed by atoms with van der Waals surface area (Å²) in [7, 11) is 1.40. The molecule has 1 aromatic rings. The lowest BCUT2D eigenvalue weighted by Gasteiger charge is -2.29. The van der Waals surface area contributed by atoms with Gasteiger partial charge >= 0.3 is 12.1 Å². The van der Waals surface area contributed by atoms with Crippen molar-refractivity contribution in [3.05, 3.63) is 35.4 Å². The van der Waals surface area contributed by atoms with Crippen molar-refractivity contribution in [1.29, 1.82) is 0 Å². The van der Waals surface area contributed by atoms with Gasteiger partial charge in [0.25, 0.3) is 0 Å². The maximum absolute atomic E-state index is 12.3. The first-order valence-electron chi connectivity index (χ1n) is 7.77. The summed E-state index contributed by atoms with van der Waals surface area (Å²) >= 11 is 0. The molecule has 0 radical (unpaired) electrons. The van der Waals surface area contributed by atoms with Crippen molar-refractivity contribution in [3.63, 3.8) is 0 Å². The number of hydrogen-bond acceptors (Lipinski definition) is 4. The van der Waals surface area contributed by atoms with Gasteiger partial charge in [0, 0.05) is 13.1 Å². The second-order valence-corrected chi connectivity index (χ2v) is 5.98. The highest BCUT2D eigenvalue weighted by atomic mass is 16.6. The van der Waals surface area contributed by atoms with Crippen LogP contribution >= 0.6 is 0 Å². The highest BCUT2D eigenvalue weighted by Crippen LogP contribution is 2.29. The molecule has 5 nitrogen and oxygen atoms in total. The van der Waals surface area contributed by atoms with Crippen LogP contribution in [0.15, 0.2) is 24.3 Å². The van der Waals surface area contributed by atoms with Gasteiger partial charge < -0.3 is 14.4 Å². The summed E-state index contributed by atoms with van der Waals surface area (Å²) in [4.78, 5) is 25.6. The number of ether oxygens (including phenoxy) is 2. The molecule has 5 heteroatoms. The zero-order chi connectivity index (χ0) is 15.5. The van der Waals surface area contributed by atoms with E-state index in [2.05, 4.69) is 12.1 Å². The topological polar surface area (TPSA) is 55.8 Å². The molecule has 0 bridgehead atoms. The van der Waals surface area contributed by atoms with E-state index in [0.717, 1.165) is 19.3 Å². The molecule has 2 atom stereocenters. The Bertz CT molecular complexity index is 572. The number of carbonyl (C=O) groups is 2. The Hall–Kier alpha value is -2.04. The Kier molecular flexibility index (Phi) is 4.32. The number of fused-ring (bicyclic) bond motifs is 1. The summed E-state index contributed by atoms with van der Waals surface area (Å²) < 4.78 is 10.3. The number of rotatable bonds is 2. The molecule has 2 aliphatic rings. The molecule has 3 rings (SSSR count). The number of benzene rings is 1. The first-order valence-corrected chi connectivity index (χ1v) is 7.77. The maximum atomic E-state index is 12.3. The molecule has 0 saturated heterocycles. The summed E-state index contributed by atoms with van der Waals surface area (Å²) in [6.45, 7) is 1.28. The Morgan fingerprint density at radius 2 is 1.95 bits per heavy atom. The van der Waals surface area contributed by atoms with Crippen LogP contribution < -0.4 is 0 Å². The quantitative estimate of drug-likeness (QED) is 0.788. The van der Waals surface area contributed by atoms with E-state index in [-0.39, 0.29) is 24.1 Å². The summed E-state index contributed by atoms with van der Waals surface area (Å²) in [6.07, 6.45) is 2.45. The molecule has 1 heterocycles. The predicted molar refractivity (Wildman–Crippen MR) is 80.2 cm³/mol. The zero-order valence-electron chi connectivity index (χ0n) is 12.8. The van der Waals surface area contributed by atoms with Crippen molar-refractivity contribution in [2.75, 3.05) is 13.7 Å². The lowest BCUT2D eigenvalue weighted by atomic mass is 10.0. The van der Waals surface area contributed by atoms with E-state index in [1.165, 1.54) is 18.2 Å². The van der Waals surface area contributed by atoms with Gasteiger partial charge in [-0.15, -0.1) is 0 Å². The first-order chi connectivity index (χ1) is 10.7. The van der Waals surface area contributed by atoms with Gasteiger partial charge in [0.2, 0.25) is 0 Å². The third-order valence-electron chi connectivity index (χ3n) is 4.58. The Labute approximate surface area is 130 Å². The summed E-state index contributed by atoms with van der Waals surface area (Å²) in [5.41, 5.74) is 2.49. The highest BCUT2D eigenvalue weighted by Gasteiger charge is 2.34. The van der Waals surface area contributed by atoms with Crippen molar-refractivity contribution in [1.82, 2.24) is 4.90 Å². The summed E-state index contributed by atoms with van der Waals surface area (Å²) in [6, 6.07) is 8.18. The van der Waals surface area contributed by atoms with E-state index in [1.54, 1.807) is 4.90 Å². The summed E-state index contributed by atoms with van der Waals surface area (Å²) in [5.74, 6) is -0.338. The minimum absolute atomic E-state index is 0.134. The number of hydrogen-bond donors (Lipinski definition) is 0. The number of carbonyl (C=O) groups excluding carboxylic acids is 2. The van der Waals surface area contributed by atoms with Gasteiger partial charge in [-0.25, -0.2) is 4.79 Å². The van der Waals surface area contributed by atoms with Gasteiger partial charge in [-0.3, -0.25) is 4.79 Å². The number of nitrogens with zero attached hydrogens (tertiary/aromatic N) is 1. The Morgan fingerprint density at radius 1 is 1.18 bits per heavy atom. The molecule has 1 saturated carbocycles. The average molecular weight is 303 g/mol. The normalized spacial score (nSPS) is 23.8. The van der Waals surface area contributed by atoms with E-state index in [0.29, 0.717) is 19.5 Å². The van der Waals surface area contributed by atoms with E-state index >= 15 is 0 Å². The molecule has 1 aliphatic heterocycles. The fraction of sp³-hybridized carbons (Fsp3) is 0.529. The zero-order valence-corrected chi connectivity index (χ0v) is 12.8. The number of esters is 1. The Morgan fingerprint density at radius 3 is 2.73 bits per heavy atom. The molecular formula is C17H21NO4. The van der Waals surface area contributed by atoms with Crippen molar-refractivity contribution >= 4 is 12.1 Å². The van der Waals surface area contributed by atoms with E-state index < -0.39 is 0 Å². The van der Waals surface area contributed by atoms with Crippen LogP contribution in [0.3, 0.4) is 0 Å².